The van der Waals surface area contributed by atoms with E-state index in [0.29, 0.717) is 6.54 Å². The number of amides is 1. The molecule has 94 valence electrons. The molecular formula is C13H15N3OS. The zero-order valence-corrected chi connectivity index (χ0v) is 10.9. The van der Waals surface area contributed by atoms with Crippen molar-refractivity contribution < 1.29 is 4.79 Å². The summed E-state index contributed by atoms with van der Waals surface area (Å²) < 4.78 is 0. The predicted molar refractivity (Wildman–Crippen MR) is 72.1 cm³/mol. The summed E-state index contributed by atoms with van der Waals surface area (Å²) in [6.07, 6.45) is 0. The van der Waals surface area contributed by atoms with Crippen LogP contribution >= 0.6 is 11.3 Å². The van der Waals surface area contributed by atoms with Crippen LogP contribution in [0, 0.1) is 6.92 Å². The van der Waals surface area contributed by atoms with Crippen LogP contribution in [0.25, 0.3) is 0 Å². The van der Waals surface area contributed by atoms with Crippen molar-refractivity contribution in [2.75, 3.05) is 0 Å². The lowest BCUT2D eigenvalue weighted by Gasteiger charge is -2.11. The largest absolute Gasteiger partial charge is 0.348 e. The zero-order valence-electron chi connectivity index (χ0n) is 10.1. The molecule has 0 aliphatic carbocycles. The van der Waals surface area contributed by atoms with Crippen LogP contribution in [-0.4, -0.2) is 10.9 Å². The van der Waals surface area contributed by atoms with E-state index in [1.165, 1.54) is 11.3 Å². The highest BCUT2D eigenvalue weighted by Crippen LogP contribution is 2.11. The topological polar surface area (TPSA) is 68.0 Å². The average Bonchev–Trinajstić information content (AvgIpc) is 2.82. The molecule has 1 amide bonds. The standard InChI is InChI=1S/C13H15N3OS/c1-9-8-18-11(16-9)7-15-13(17)12(14)10-5-3-2-4-6-10/h2-6,8,12H,7,14H2,1H3,(H,15,17)/t12-/m0/s1. The van der Waals surface area contributed by atoms with E-state index in [0.717, 1.165) is 16.3 Å². The number of hydrogen-bond donors (Lipinski definition) is 2. The number of rotatable bonds is 4. The fourth-order valence-corrected chi connectivity index (χ4v) is 2.28. The summed E-state index contributed by atoms with van der Waals surface area (Å²) in [5, 5.41) is 5.64. The number of nitrogens with two attached hydrogens (primary N) is 1. The predicted octanol–water partition coefficient (Wildman–Crippen LogP) is 1.77. The molecule has 2 rings (SSSR count). The Hall–Kier alpha value is -1.72. The molecule has 18 heavy (non-hydrogen) atoms. The number of benzene rings is 1. The second kappa shape index (κ2) is 5.75. The van der Waals surface area contributed by atoms with Crippen molar-refractivity contribution in [1.29, 1.82) is 0 Å². The average molecular weight is 261 g/mol. The second-order valence-electron chi connectivity index (χ2n) is 3.99. The molecule has 1 atom stereocenters. The monoisotopic (exact) mass is 261 g/mol. The Balaban J connectivity index is 1.92. The third kappa shape index (κ3) is 3.15. The van der Waals surface area contributed by atoms with Gasteiger partial charge in [-0.15, -0.1) is 11.3 Å². The summed E-state index contributed by atoms with van der Waals surface area (Å²) in [6, 6.07) is 8.69. The van der Waals surface area contributed by atoms with Crippen molar-refractivity contribution in [1.82, 2.24) is 10.3 Å². The third-order valence-corrected chi connectivity index (χ3v) is 3.49. The molecule has 1 aromatic heterocycles. The molecule has 0 aliphatic rings. The van der Waals surface area contributed by atoms with Crippen molar-refractivity contribution in [2.45, 2.75) is 19.5 Å². The van der Waals surface area contributed by atoms with Crippen molar-refractivity contribution >= 4 is 17.2 Å². The molecule has 0 aliphatic heterocycles. The number of aromatic nitrogens is 1. The molecule has 1 aromatic carbocycles. The van der Waals surface area contributed by atoms with Crippen LogP contribution in [-0.2, 0) is 11.3 Å². The highest BCUT2D eigenvalue weighted by molar-refractivity contribution is 7.09. The Morgan fingerprint density at radius 2 is 2.17 bits per heavy atom. The van der Waals surface area contributed by atoms with Crippen LogP contribution in [0.15, 0.2) is 35.7 Å². The summed E-state index contributed by atoms with van der Waals surface area (Å²) in [7, 11) is 0. The summed E-state index contributed by atoms with van der Waals surface area (Å²) in [5.41, 5.74) is 7.66. The Labute approximate surface area is 110 Å². The highest BCUT2D eigenvalue weighted by Gasteiger charge is 2.15. The molecule has 5 heteroatoms. The van der Waals surface area contributed by atoms with Crippen LogP contribution in [0.1, 0.15) is 22.3 Å². The van der Waals surface area contributed by atoms with Crippen LogP contribution in [0.5, 0.6) is 0 Å². The number of thiazole rings is 1. The van der Waals surface area contributed by atoms with E-state index in [2.05, 4.69) is 10.3 Å². The van der Waals surface area contributed by atoms with Crippen molar-refractivity contribution in [3.8, 4) is 0 Å². The van der Waals surface area contributed by atoms with E-state index in [1.807, 2.05) is 42.6 Å². The molecule has 1 heterocycles. The molecule has 4 nitrogen and oxygen atoms in total. The van der Waals surface area contributed by atoms with Gasteiger partial charge in [-0.05, 0) is 12.5 Å². The van der Waals surface area contributed by atoms with E-state index in [-0.39, 0.29) is 5.91 Å². The van der Waals surface area contributed by atoms with Gasteiger partial charge in [-0.2, -0.15) is 0 Å². The van der Waals surface area contributed by atoms with Crippen LogP contribution in [0.2, 0.25) is 0 Å². The lowest BCUT2D eigenvalue weighted by Crippen LogP contribution is -2.33. The maximum absolute atomic E-state index is 11.9. The lowest BCUT2D eigenvalue weighted by molar-refractivity contribution is -0.122. The van der Waals surface area contributed by atoms with E-state index in [9.17, 15) is 4.79 Å². The minimum atomic E-state index is -0.632. The van der Waals surface area contributed by atoms with Gasteiger partial charge in [-0.3, -0.25) is 4.79 Å². The summed E-state index contributed by atoms with van der Waals surface area (Å²) in [4.78, 5) is 16.1. The first-order chi connectivity index (χ1) is 8.66. The van der Waals surface area contributed by atoms with Crippen LogP contribution in [0.3, 0.4) is 0 Å². The van der Waals surface area contributed by atoms with Crippen molar-refractivity contribution in [3.05, 3.63) is 52.0 Å². The minimum Gasteiger partial charge on any atom is -0.348 e. The normalized spacial score (nSPS) is 12.1. The Morgan fingerprint density at radius 3 is 2.78 bits per heavy atom. The van der Waals surface area contributed by atoms with Gasteiger partial charge in [0, 0.05) is 11.1 Å². The van der Waals surface area contributed by atoms with Gasteiger partial charge in [0.15, 0.2) is 0 Å². The number of nitrogens with zero attached hydrogens (tertiary/aromatic N) is 1. The molecule has 0 saturated heterocycles. The summed E-state index contributed by atoms with van der Waals surface area (Å²) >= 11 is 1.53. The lowest BCUT2D eigenvalue weighted by atomic mass is 10.1. The first-order valence-corrected chi connectivity index (χ1v) is 6.54. The van der Waals surface area contributed by atoms with E-state index in [4.69, 9.17) is 5.73 Å². The van der Waals surface area contributed by atoms with Gasteiger partial charge in [0.2, 0.25) is 5.91 Å². The van der Waals surface area contributed by atoms with Gasteiger partial charge < -0.3 is 11.1 Å². The minimum absolute atomic E-state index is 0.186. The maximum Gasteiger partial charge on any atom is 0.241 e. The third-order valence-electron chi connectivity index (χ3n) is 2.52. The number of nitrogens with one attached hydrogen (secondary N) is 1. The maximum atomic E-state index is 11.9. The smallest absolute Gasteiger partial charge is 0.241 e. The molecule has 0 unspecified atom stereocenters. The van der Waals surface area contributed by atoms with E-state index in [1.54, 1.807) is 0 Å². The molecule has 0 bridgehead atoms. The number of hydrogen-bond acceptors (Lipinski definition) is 4. The quantitative estimate of drug-likeness (QED) is 0.881. The van der Waals surface area contributed by atoms with Crippen LogP contribution in [0.4, 0.5) is 0 Å². The Kier molecular flexibility index (Phi) is 4.07. The highest BCUT2D eigenvalue weighted by atomic mass is 32.1. The Morgan fingerprint density at radius 1 is 1.44 bits per heavy atom. The molecule has 0 radical (unpaired) electrons. The van der Waals surface area contributed by atoms with Gasteiger partial charge in [-0.1, -0.05) is 30.3 Å². The molecule has 2 aromatic rings. The van der Waals surface area contributed by atoms with Gasteiger partial charge in [0.1, 0.15) is 11.0 Å². The Bertz CT molecular complexity index is 524. The van der Waals surface area contributed by atoms with Crippen LogP contribution < -0.4 is 11.1 Å². The van der Waals surface area contributed by atoms with Crippen molar-refractivity contribution in [3.63, 3.8) is 0 Å². The van der Waals surface area contributed by atoms with Crippen molar-refractivity contribution in [2.24, 2.45) is 5.73 Å². The van der Waals surface area contributed by atoms with E-state index < -0.39 is 6.04 Å². The zero-order chi connectivity index (χ0) is 13.0. The second-order valence-corrected chi connectivity index (χ2v) is 4.93. The van der Waals surface area contributed by atoms with Gasteiger partial charge in [-0.25, -0.2) is 4.98 Å². The number of carbonyl (C=O) groups excluding carboxylic acids is 1. The number of aryl methyl sites for hydroxylation is 1. The molecule has 3 N–H and O–H groups in total. The SMILES string of the molecule is Cc1csc(CNC(=O)[C@@H](N)c2ccccc2)n1. The molecule has 0 fully saturated rings. The summed E-state index contributed by atoms with van der Waals surface area (Å²) in [6.45, 7) is 2.36. The molecule has 0 saturated carbocycles. The molecule has 0 spiro atoms. The van der Waals surface area contributed by atoms with Gasteiger partial charge >= 0.3 is 0 Å². The van der Waals surface area contributed by atoms with Gasteiger partial charge in [0.05, 0.1) is 6.54 Å². The first kappa shape index (κ1) is 12.7. The molecular weight excluding hydrogens is 246 g/mol. The van der Waals surface area contributed by atoms with Gasteiger partial charge in [0.25, 0.3) is 0 Å². The van der Waals surface area contributed by atoms with E-state index >= 15 is 0 Å². The number of carbonyl (C=O) groups is 1. The fraction of sp³-hybridized carbons (Fsp3) is 0.231. The summed E-state index contributed by atoms with van der Waals surface area (Å²) in [5.74, 6) is -0.186. The first-order valence-electron chi connectivity index (χ1n) is 5.66. The fourth-order valence-electron chi connectivity index (χ4n) is 1.57.